The van der Waals surface area contributed by atoms with Crippen molar-refractivity contribution in [3.63, 3.8) is 0 Å². The minimum Gasteiger partial charge on any atom is -0.493 e. The molecule has 0 radical (unpaired) electrons. The third kappa shape index (κ3) is 2.98. The lowest BCUT2D eigenvalue weighted by molar-refractivity contribution is 0.246. The number of urea groups is 1. The first-order valence-corrected chi connectivity index (χ1v) is 9.22. The number of aryl methyl sites for hydroxylation is 1. The number of nitrogens with one attached hydrogen (secondary N) is 1. The Morgan fingerprint density at radius 2 is 2.04 bits per heavy atom. The van der Waals surface area contributed by atoms with Crippen molar-refractivity contribution >= 4 is 11.7 Å². The first-order valence-electron chi connectivity index (χ1n) is 9.22. The van der Waals surface area contributed by atoms with Crippen LogP contribution >= 0.6 is 0 Å². The summed E-state index contributed by atoms with van der Waals surface area (Å²) < 4.78 is 11.6. The number of hydrogen-bond donors (Lipinski definition) is 1. The molecule has 2 aromatic rings. The molecule has 2 aromatic carbocycles. The van der Waals surface area contributed by atoms with Crippen LogP contribution in [-0.4, -0.2) is 25.8 Å². The third-order valence-electron chi connectivity index (χ3n) is 5.05. The second-order valence-electron chi connectivity index (χ2n) is 6.76. The molecule has 2 aliphatic rings. The van der Waals surface area contributed by atoms with Gasteiger partial charge in [-0.25, -0.2) is 4.79 Å². The Kier molecular flexibility index (Phi) is 4.45. The zero-order chi connectivity index (χ0) is 18.1. The van der Waals surface area contributed by atoms with Crippen molar-refractivity contribution in [1.29, 1.82) is 0 Å². The summed E-state index contributed by atoms with van der Waals surface area (Å²) in [7, 11) is 0. The van der Waals surface area contributed by atoms with Gasteiger partial charge in [-0.2, -0.15) is 0 Å². The maximum Gasteiger partial charge on any atom is 0.322 e. The summed E-state index contributed by atoms with van der Waals surface area (Å²) in [4.78, 5) is 14.6. The van der Waals surface area contributed by atoms with Crippen LogP contribution in [0.4, 0.5) is 10.5 Å². The lowest BCUT2D eigenvalue weighted by atomic mass is 9.99. The molecule has 136 valence electrons. The summed E-state index contributed by atoms with van der Waals surface area (Å²) in [5, 5.41) is 3.08. The summed E-state index contributed by atoms with van der Waals surface area (Å²) in [6, 6.07) is 10.00. The lowest BCUT2D eigenvalue weighted by Crippen LogP contribution is -2.39. The van der Waals surface area contributed by atoms with Crippen molar-refractivity contribution in [2.75, 3.05) is 24.7 Å². The number of carbonyl (C=O) groups is 1. The number of hydrogen-bond acceptors (Lipinski definition) is 3. The van der Waals surface area contributed by atoms with Crippen LogP contribution in [0, 0.1) is 6.92 Å². The minimum absolute atomic E-state index is 0.0960. The molecular formula is C21H24N2O3. The van der Waals surface area contributed by atoms with E-state index in [0.717, 1.165) is 41.2 Å². The van der Waals surface area contributed by atoms with Crippen LogP contribution in [0.25, 0.3) is 0 Å². The Hall–Kier alpha value is -2.69. The van der Waals surface area contributed by atoms with E-state index in [1.54, 1.807) is 4.90 Å². The number of anilines is 1. The highest BCUT2D eigenvalue weighted by molar-refractivity contribution is 5.92. The SMILES string of the molecule is CCN(C(=O)NCc1c2c(cc3c1OCC3)OCC2)c1cccc(C)c1. The summed E-state index contributed by atoms with van der Waals surface area (Å²) in [5.41, 5.74) is 5.47. The molecule has 2 aliphatic heterocycles. The molecule has 0 aliphatic carbocycles. The molecule has 0 spiro atoms. The predicted octanol–water partition coefficient (Wildman–Crippen LogP) is 3.60. The Labute approximate surface area is 153 Å². The van der Waals surface area contributed by atoms with Gasteiger partial charge in [0.05, 0.1) is 13.2 Å². The molecule has 0 unspecified atom stereocenters. The molecule has 0 saturated carbocycles. The smallest absolute Gasteiger partial charge is 0.322 e. The van der Waals surface area contributed by atoms with E-state index in [1.165, 1.54) is 11.1 Å². The van der Waals surface area contributed by atoms with Crippen molar-refractivity contribution in [3.05, 3.63) is 52.6 Å². The number of nitrogens with zero attached hydrogens (tertiary/aromatic N) is 1. The second-order valence-corrected chi connectivity index (χ2v) is 6.76. The fourth-order valence-electron chi connectivity index (χ4n) is 3.77. The van der Waals surface area contributed by atoms with E-state index in [1.807, 2.05) is 38.1 Å². The van der Waals surface area contributed by atoms with Crippen LogP contribution in [-0.2, 0) is 19.4 Å². The number of carbonyl (C=O) groups excluding carboxylic acids is 1. The van der Waals surface area contributed by atoms with Crippen LogP contribution < -0.4 is 19.7 Å². The molecule has 1 N–H and O–H groups in total. The fourth-order valence-corrected chi connectivity index (χ4v) is 3.77. The largest absolute Gasteiger partial charge is 0.493 e. The highest BCUT2D eigenvalue weighted by atomic mass is 16.5. The van der Waals surface area contributed by atoms with Gasteiger partial charge in [-0.15, -0.1) is 0 Å². The van der Waals surface area contributed by atoms with Gasteiger partial charge in [-0.3, -0.25) is 4.90 Å². The highest BCUT2D eigenvalue weighted by Crippen LogP contribution is 2.40. The van der Waals surface area contributed by atoms with Crippen LogP contribution in [0.15, 0.2) is 30.3 Å². The molecule has 5 nitrogen and oxygen atoms in total. The summed E-state index contributed by atoms with van der Waals surface area (Å²) >= 11 is 0. The van der Waals surface area contributed by atoms with E-state index >= 15 is 0 Å². The molecule has 2 heterocycles. The topological polar surface area (TPSA) is 50.8 Å². The Bertz CT molecular complexity index is 815. The molecule has 2 amide bonds. The maximum absolute atomic E-state index is 12.8. The number of fused-ring (bicyclic) bond motifs is 2. The first-order chi connectivity index (χ1) is 12.7. The average molecular weight is 352 g/mol. The Balaban J connectivity index is 1.55. The normalized spacial score (nSPS) is 14.2. The van der Waals surface area contributed by atoms with Crippen LogP contribution in [0.2, 0.25) is 0 Å². The molecule has 26 heavy (non-hydrogen) atoms. The van der Waals surface area contributed by atoms with Crippen molar-refractivity contribution in [3.8, 4) is 11.5 Å². The summed E-state index contributed by atoms with van der Waals surface area (Å²) in [6.07, 6.45) is 1.77. The minimum atomic E-state index is -0.0960. The van der Waals surface area contributed by atoms with Crippen molar-refractivity contribution in [1.82, 2.24) is 5.32 Å². The molecule has 0 atom stereocenters. The van der Waals surface area contributed by atoms with Crippen LogP contribution in [0.5, 0.6) is 11.5 Å². The van der Waals surface area contributed by atoms with Gasteiger partial charge in [-0.1, -0.05) is 12.1 Å². The van der Waals surface area contributed by atoms with Gasteiger partial charge in [0.25, 0.3) is 0 Å². The number of benzene rings is 2. The van der Waals surface area contributed by atoms with Gasteiger partial charge in [0.2, 0.25) is 0 Å². The third-order valence-corrected chi connectivity index (χ3v) is 5.05. The molecule has 0 bridgehead atoms. The molecule has 5 heteroatoms. The van der Waals surface area contributed by atoms with E-state index in [0.29, 0.717) is 26.3 Å². The van der Waals surface area contributed by atoms with Crippen molar-refractivity contribution < 1.29 is 14.3 Å². The maximum atomic E-state index is 12.8. The van der Waals surface area contributed by atoms with Gasteiger partial charge >= 0.3 is 6.03 Å². The zero-order valence-electron chi connectivity index (χ0n) is 15.3. The Morgan fingerprint density at radius 3 is 2.85 bits per heavy atom. The zero-order valence-corrected chi connectivity index (χ0v) is 15.3. The van der Waals surface area contributed by atoms with E-state index in [9.17, 15) is 4.79 Å². The molecule has 0 fully saturated rings. The van der Waals surface area contributed by atoms with Crippen molar-refractivity contribution in [2.24, 2.45) is 0 Å². The fraction of sp³-hybridized carbons (Fsp3) is 0.381. The lowest BCUT2D eigenvalue weighted by Gasteiger charge is -2.22. The molecule has 0 saturated heterocycles. The van der Waals surface area contributed by atoms with Gasteiger partial charge in [0, 0.05) is 48.3 Å². The summed E-state index contributed by atoms with van der Waals surface area (Å²) in [5.74, 6) is 1.89. The molecule has 4 rings (SSSR count). The van der Waals surface area contributed by atoms with E-state index < -0.39 is 0 Å². The Morgan fingerprint density at radius 1 is 1.19 bits per heavy atom. The van der Waals surface area contributed by atoms with Gasteiger partial charge < -0.3 is 14.8 Å². The van der Waals surface area contributed by atoms with E-state index in [2.05, 4.69) is 11.4 Å². The van der Waals surface area contributed by atoms with Crippen molar-refractivity contribution in [2.45, 2.75) is 33.2 Å². The van der Waals surface area contributed by atoms with Gasteiger partial charge in [-0.05, 0) is 37.6 Å². The number of ether oxygens (including phenoxy) is 2. The monoisotopic (exact) mass is 352 g/mol. The molecular weight excluding hydrogens is 328 g/mol. The van der Waals surface area contributed by atoms with Crippen LogP contribution in [0.3, 0.4) is 0 Å². The standard InChI is InChI=1S/C21H24N2O3/c1-3-23(16-6-4-5-14(2)11-16)21(24)22-13-18-17-8-10-25-19(17)12-15-7-9-26-20(15)18/h4-6,11-12H,3,7-10,13H2,1-2H3,(H,22,24). The number of amides is 2. The highest BCUT2D eigenvalue weighted by Gasteiger charge is 2.27. The average Bonchev–Trinajstić information content (AvgIpc) is 3.28. The van der Waals surface area contributed by atoms with Gasteiger partial charge in [0.1, 0.15) is 11.5 Å². The van der Waals surface area contributed by atoms with E-state index in [4.69, 9.17) is 9.47 Å². The first kappa shape index (κ1) is 16.8. The molecule has 0 aromatic heterocycles. The van der Waals surface area contributed by atoms with E-state index in [-0.39, 0.29) is 6.03 Å². The quantitative estimate of drug-likeness (QED) is 0.915. The van der Waals surface area contributed by atoms with Crippen LogP contribution in [0.1, 0.15) is 29.2 Å². The predicted molar refractivity (Wildman–Crippen MR) is 101 cm³/mol. The second kappa shape index (κ2) is 6.90. The summed E-state index contributed by atoms with van der Waals surface area (Å²) in [6.45, 7) is 6.48. The van der Waals surface area contributed by atoms with Gasteiger partial charge in [0.15, 0.2) is 0 Å². The number of rotatable bonds is 4.